The first kappa shape index (κ1) is 25.4. The summed E-state index contributed by atoms with van der Waals surface area (Å²) in [5.74, 6) is 0.661. The van der Waals surface area contributed by atoms with Crippen LogP contribution in [0.5, 0.6) is 5.75 Å². The van der Waals surface area contributed by atoms with Crippen LogP contribution in [0.3, 0.4) is 0 Å². The van der Waals surface area contributed by atoms with Crippen LogP contribution in [-0.2, 0) is 11.2 Å². The zero-order valence-corrected chi connectivity index (χ0v) is 21.7. The summed E-state index contributed by atoms with van der Waals surface area (Å²) >= 11 is 7.86. The number of benzene rings is 1. The second-order valence-corrected chi connectivity index (χ2v) is 10.9. The minimum absolute atomic E-state index is 0.0474. The van der Waals surface area contributed by atoms with Crippen molar-refractivity contribution in [3.05, 3.63) is 50.7 Å². The van der Waals surface area contributed by atoms with Gasteiger partial charge in [0.25, 0.3) is 0 Å². The number of fused-ring (bicyclic) bond motifs is 1. The third kappa shape index (κ3) is 6.64. The Morgan fingerprint density at radius 3 is 2.73 bits per heavy atom. The molecule has 0 fully saturated rings. The number of aryl methyl sites for hydroxylation is 1. The SMILES string of the molecule is CCCN(CC(=O)N1CCc2sccc2[C@H]1COc1ccc(Cl)c(C)c1)C(=O)NC(C)(C)C. The van der Waals surface area contributed by atoms with Crippen LogP contribution >= 0.6 is 22.9 Å². The van der Waals surface area contributed by atoms with Crippen molar-refractivity contribution in [2.24, 2.45) is 0 Å². The fourth-order valence-electron chi connectivity index (χ4n) is 3.93. The molecule has 1 atom stereocenters. The largest absolute Gasteiger partial charge is 0.491 e. The van der Waals surface area contributed by atoms with Gasteiger partial charge < -0.3 is 19.9 Å². The lowest BCUT2D eigenvalue weighted by Crippen LogP contribution is -2.53. The number of carbonyl (C=O) groups is 2. The minimum atomic E-state index is -0.365. The number of thiophene rings is 1. The van der Waals surface area contributed by atoms with E-state index in [2.05, 4.69) is 16.8 Å². The number of rotatable bonds is 7. The van der Waals surface area contributed by atoms with Crippen molar-refractivity contribution in [1.29, 1.82) is 0 Å². The standard InChI is InChI=1S/C25H34ClN3O3S/c1-6-11-28(24(31)27-25(3,4)5)15-23(30)29-12-9-22-19(10-13-33-22)21(29)16-32-18-7-8-20(26)17(2)14-18/h7-8,10,13-14,21H,6,9,11-12,15-16H2,1-5H3,(H,27,31)/t21-/m1/s1. The maximum absolute atomic E-state index is 13.4. The molecule has 2 heterocycles. The molecule has 0 saturated carbocycles. The fourth-order valence-corrected chi connectivity index (χ4v) is 4.98. The summed E-state index contributed by atoms with van der Waals surface area (Å²) in [5, 5.41) is 5.74. The van der Waals surface area contributed by atoms with E-state index in [-0.39, 0.29) is 30.1 Å². The quantitative estimate of drug-likeness (QED) is 0.561. The summed E-state index contributed by atoms with van der Waals surface area (Å²) in [6, 6.07) is 7.25. The Morgan fingerprint density at radius 1 is 1.30 bits per heavy atom. The Kier molecular flexibility index (Phi) is 8.29. The van der Waals surface area contributed by atoms with Gasteiger partial charge in [-0.05, 0) is 81.3 Å². The van der Waals surface area contributed by atoms with Crippen molar-refractivity contribution in [2.75, 3.05) is 26.2 Å². The molecule has 33 heavy (non-hydrogen) atoms. The van der Waals surface area contributed by atoms with Gasteiger partial charge in [-0.25, -0.2) is 4.79 Å². The average Bonchev–Trinajstić information content (AvgIpc) is 3.21. The van der Waals surface area contributed by atoms with Gasteiger partial charge in [-0.2, -0.15) is 0 Å². The lowest BCUT2D eigenvalue weighted by atomic mass is 10.0. The molecule has 1 N–H and O–H groups in total. The van der Waals surface area contributed by atoms with Crippen LogP contribution in [0.1, 0.15) is 56.2 Å². The van der Waals surface area contributed by atoms with Gasteiger partial charge in [-0.15, -0.1) is 11.3 Å². The van der Waals surface area contributed by atoms with Crippen molar-refractivity contribution in [1.82, 2.24) is 15.1 Å². The average molecular weight is 492 g/mol. The van der Waals surface area contributed by atoms with Crippen molar-refractivity contribution in [3.63, 3.8) is 0 Å². The monoisotopic (exact) mass is 491 g/mol. The highest BCUT2D eigenvalue weighted by molar-refractivity contribution is 7.10. The summed E-state index contributed by atoms with van der Waals surface area (Å²) in [4.78, 5) is 31.0. The van der Waals surface area contributed by atoms with Crippen molar-refractivity contribution >= 4 is 34.9 Å². The van der Waals surface area contributed by atoms with Crippen LogP contribution in [0, 0.1) is 6.92 Å². The minimum Gasteiger partial charge on any atom is -0.491 e. The number of hydrogen-bond donors (Lipinski definition) is 1. The number of ether oxygens (including phenoxy) is 1. The first-order valence-electron chi connectivity index (χ1n) is 11.4. The van der Waals surface area contributed by atoms with Gasteiger partial charge in [0.2, 0.25) is 5.91 Å². The first-order chi connectivity index (χ1) is 15.6. The molecule has 1 aromatic heterocycles. The van der Waals surface area contributed by atoms with Crippen LogP contribution < -0.4 is 10.1 Å². The molecule has 0 aliphatic carbocycles. The molecule has 3 amide bonds. The molecular formula is C25H34ClN3O3S. The van der Waals surface area contributed by atoms with Gasteiger partial charge in [0.15, 0.2) is 0 Å². The number of carbonyl (C=O) groups excluding carboxylic acids is 2. The Balaban J connectivity index is 1.76. The van der Waals surface area contributed by atoms with Crippen LogP contribution in [0.2, 0.25) is 5.02 Å². The molecule has 1 aliphatic rings. The van der Waals surface area contributed by atoms with Gasteiger partial charge in [0, 0.05) is 28.5 Å². The lowest BCUT2D eigenvalue weighted by Gasteiger charge is -2.37. The molecule has 6 nitrogen and oxygen atoms in total. The number of nitrogens with zero attached hydrogens (tertiary/aromatic N) is 2. The molecule has 180 valence electrons. The zero-order valence-electron chi connectivity index (χ0n) is 20.1. The maximum Gasteiger partial charge on any atom is 0.318 e. The van der Waals surface area contributed by atoms with Gasteiger partial charge in [0.1, 0.15) is 18.9 Å². The normalized spacial score (nSPS) is 15.7. The predicted octanol–water partition coefficient (Wildman–Crippen LogP) is 5.43. The molecule has 1 aliphatic heterocycles. The van der Waals surface area contributed by atoms with Crippen molar-refractivity contribution < 1.29 is 14.3 Å². The molecule has 3 rings (SSSR count). The highest BCUT2D eigenvalue weighted by Gasteiger charge is 2.33. The third-order valence-corrected chi connectivity index (χ3v) is 6.96. The predicted molar refractivity (Wildman–Crippen MR) is 134 cm³/mol. The number of urea groups is 1. The number of nitrogens with one attached hydrogen (secondary N) is 1. The molecule has 2 aromatic rings. The van der Waals surface area contributed by atoms with Crippen LogP contribution in [-0.4, -0.2) is 53.5 Å². The van der Waals surface area contributed by atoms with E-state index >= 15 is 0 Å². The number of halogens is 1. The first-order valence-corrected chi connectivity index (χ1v) is 12.7. The summed E-state index contributed by atoms with van der Waals surface area (Å²) in [7, 11) is 0. The Morgan fingerprint density at radius 2 is 2.06 bits per heavy atom. The van der Waals surface area contributed by atoms with E-state index in [0.29, 0.717) is 24.7 Å². The highest BCUT2D eigenvalue weighted by atomic mass is 35.5. The molecule has 0 unspecified atom stereocenters. The Labute approximate surface area is 205 Å². The van der Waals surface area contributed by atoms with Gasteiger partial charge in [-0.3, -0.25) is 4.79 Å². The number of hydrogen-bond acceptors (Lipinski definition) is 4. The second kappa shape index (κ2) is 10.8. The van der Waals surface area contributed by atoms with Crippen LogP contribution in [0.4, 0.5) is 4.79 Å². The second-order valence-electron chi connectivity index (χ2n) is 9.48. The summed E-state index contributed by atoms with van der Waals surface area (Å²) in [6.45, 7) is 11.3. The fraction of sp³-hybridized carbons (Fsp3) is 0.520. The van der Waals surface area contributed by atoms with Crippen LogP contribution in [0.25, 0.3) is 0 Å². The molecule has 0 radical (unpaired) electrons. The summed E-state index contributed by atoms with van der Waals surface area (Å²) < 4.78 is 6.11. The Bertz CT molecular complexity index is 986. The van der Waals surface area contributed by atoms with E-state index in [9.17, 15) is 9.59 Å². The molecule has 0 spiro atoms. The summed E-state index contributed by atoms with van der Waals surface area (Å²) in [6.07, 6.45) is 1.60. The third-order valence-electron chi connectivity index (χ3n) is 5.54. The highest BCUT2D eigenvalue weighted by Crippen LogP contribution is 2.34. The summed E-state index contributed by atoms with van der Waals surface area (Å²) in [5.41, 5.74) is 1.71. The van der Waals surface area contributed by atoms with E-state index in [4.69, 9.17) is 16.3 Å². The van der Waals surface area contributed by atoms with E-state index in [1.165, 1.54) is 4.88 Å². The van der Waals surface area contributed by atoms with E-state index < -0.39 is 0 Å². The van der Waals surface area contributed by atoms with Crippen molar-refractivity contribution in [3.8, 4) is 5.75 Å². The Hall–Kier alpha value is -2.25. The zero-order chi connectivity index (χ0) is 24.2. The molecule has 8 heteroatoms. The van der Waals surface area contributed by atoms with Gasteiger partial charge >= 0.3 is 6.03 Å². The maximum atomic E-state index is 13.4. The molecule has 0 bridgehead atoms. The van der Waals surface area contributed by atoms with Crippen molar-refractivity contribution in [2.45, 2.75) is 59.0 Å². The van der Waals surface area contributed by atoms with E-state index in [0.717, 1.165) is 29.7 Å². The van der Waals surface area contributed by atoms with E-state index in [1.54, 1.807) is 16.2 Å². The molecule has 1 aromatic carbocycles. The van der Waals surface area contributed by atoms with E-state index in [1.807, 2.05) is 57.7 Å². The van der Waals surface area contributed by atoms with Gasteiger partial charge in [-0.1, -0.05) is 18.5 Å². The smallest absolute Gasteiger partial charge is 0.318 e. The topological polar surface area (TPSA) is 61.9 Å². The van der Waals surface area contributed by atoms with Gasteiger partial charge in [0.05, 0.1) is 6.04 Å². The number of amides is 3. The molecular weight excluding hydrogens is 458 g/mol. The van der Waals surface area contributed by atoms with Crippen LogP contribution in [0.15, 0.2) is 29.6 Å². The lowest BCUT2D eigenvalue weighted by molar-refractivity contribution is -0.135. The molecule has 0 saturated heterocycles.